The number of aromatic nitrogens is 1. The first-order valence-corrected chi connectivity index (χ1v) is 5.90. The first-order chi connectivity index (χ1) is 9.61. The molecular weight excluding hydrogens is 282 g/mol. The van der Waals surface area contributed by atoms with E-state index >= 15 is 0 Å². The molecule has 0 atom stereocenters. The maximum absolute atomic E-state index is 10.9. The van der Waals surface area contributed by atoms with E-state index in [0.717, 1.165) is 0 Å². The summed E-state index contributed by atoms with van der Waals surface area (Å²) >= 11 is 5.87. The first-order valence-electron chi connectivity index (χ1n) is 5.52. The number of halogens is 1. The van der Waals surface area contributed by atoms with E-state index in [2.05, 4.69) is 4.98 Å². The van der Waals surface area contributed by atoms with Gasteiger partial charge in [-0.2, -0.15) is 5.26 Å². The van der Waals surface area contributed by atoms with Gasteiger partial charge in [0.2, 0.25) is 0 Å². The summed E-state index contributed by atoms with van der Waals surface area (Å²) in [6, 6.07) is 9.25. The van der Waals surface area contributed by atoms with Gasteiger partial charge in [0.25, 0.3) is 0 Å². The predicted octanol–water partition coefficient (Wildman–Crippen LogP) is 3.09. The molecule has 7 heteroatoms. The molecule has 0 fully saturated rings. The molecule has 0 aliphatic carbocycles. The monoisotopic (exact) mass is 289 g/mol. The van der Waals surface area contributed by atoms with Crippen LogP contribution in [0.4, 0.5) is 5.69 Å². The molecule has 1 aromatic heterocycles. The van der Waals surface area contributed by atoms with Crippen LogP contribution in [0, 0.1) is 21.4 Å². The summed E-state index contributed by atoms with van der Waals surface area (Å²) in [6.45, 7) is 0.0550. The second kappa shape index (κ2) is 5.99. The lowest BCUT2D eigenvalue weighted by Gasteiger charge is -2.07. The maximum Gasteiger partial charge on any atom is 0.312 e. The van der Waals surface area contributed by atoms with Crippen molar-refractivity contribution in [3.8, 4) is 11.8 Å². The van der Waals surface area contributed by atoms with Crippen molar-refractivity contribution in [1.29, 1.82) is 5.26 Å². The Bertz CT molecular complexity index is 698. The van der Waals surface area contributed by atoms with Crippen LogP contribution in [-0.4, -0.2) is 9.91 Å². The third-order valence-electron chi connectivity index (χ3n) is 2.50. The standard InChI is InChI=1S/C13H8ClN3O3/c14-13-10(2-1-5-16-13)8-20-12-4-3-9(7-15)6-11(12)17(18)19/h1-6H,8H2. The largest absolute Gasteiger partial charge is 0.482 e. The van der Waals surface area contributed by atoms with Crippen molar-refractivity contribution >= 4 is 17.3 Å². The van der Waals surface area contributed by atoms with Crippen LogP contribution in [0.5, 0.6) is 5.75 Å². The van der Waals surface area contributed by atoms with E-state index in [-0.39, 0.29) is 28.8 Å². The number of nitro groups is 1. The van der Waals surface area contributed by atoms with E-state index in [0.29, 0.717) is 5.56 Å². The number of nitro benzene ring substituents is 1. The van der Waals surface area contributed by atoms with Gasteiger partial charge in [0.05, 0.1) is 16.6 Å². The van der Waals surface area contributed by atoms with Gasteiger partial charge in [0, 0.05) is 17.8 Å². The summed E-state index contributed by atoms with van der Waals surface area (Å²) in [5.41, 5.74) is 0.556. The molecule has 0 saturated heterocycles. The van der Waals surface area contributed by atoms with Crippen molar-refractivity contribution in [1.82, 2.24) is 4.98 Å². The molecule has 6 nitrogen and oxygen atoms in total. The van der Waals surface area contributed by atoms with Crippen LogP contribution in [0.25, 0.3) is 0 Å². The Morgan fingerprint density at radius 1 is 1.45 bits per heavy atom. The fourth-order valence-electron chi connectivity index (χ4n) is 1.53. The van der Waals surface area contributed by atoms with Crippen molar-refractivity contribution in [2.24, 2.45) is 0 Å². The maximum atomic E-state index is 10.9. The zero-order valence-corrected chi connectivity index (χ0v) is 10.9. The van der Waals surface area contributed by atoms with Gasteiger partial charge in [-0.1, -0.05) is 17.7 Å². The summed E-state index contributed by atoms with van der Waals surface area (Å²) in [6.07, 6.45) is 1.54. The molecule has 100 valence electrons. The molecule has 2 aromatic rings. The highest BCUT2D eigenvalue weighted by atomic mass is 35.5. The number of nitriles is 1. The summed E-state index contributed by atoms with van der Waals surface area (Å²) in [5.74, 6) is 0.0777. The molecule has 2 rings (SSSR count). The minimum absolute atomic E-state index is 0.0550. The van der Waals surface area contributed by atoms with E-state index in [4.69, 9.17) is 21.6 Å². The van der Waals surface area contributed by atoms with Crippen LogP contribution in [0.3, 0.4) is 0 Å². The topological polar surface area (TPSA) is 89.0 Å². The zero-order valence-electron chi connectivity index (χ0n) is 10.1. The molecular formula is C13H8ClN3O3. The third-order valence-corrected chi connectivity index (χ3v) is 2.84. The van der Waals surface area contributed by atoms with Crippen LogP contribution in [0.1, 0.15) is 11.1 Å². The molecule has 0 aliphatic heterocycles. The smallest absolute Gasteiger partial charge is 0.312 e. The first kappa shape index (κ1) is 13.8. The molecule has 1 heterocycles. The lowest BCUT2D eigenvalue weighted by Crippen LogP contribution is -2.00. The van der Waals surface area contributed by atoms with Crippen LogP contribution in [0.2, 0.25) is 5.15 Å². The van der Waals surface area contributed by atoms with Crippen molar-refractivity contribution in [3.63, 3.8) is 0 Å². The summed E-state index contributed by atoms with van der Waals surface area (Å²) in [4.78, 5) is 14.2. The van der Waals surface area contributed by atoms with Gasteiger partial charge < -0.3 is 4.74 Å². The number of nitrogens with zero attached hydrogens (tertiary/aromatic N) is 3. The van der Waals surface area contributed by atoms with Gasteiger partial charge in [-0.25, -0.2) is 4.98 Å². The molecule has 0 bridgehead atoms. The van der Waals surface area contributed by atoms with Gasteiger partial charge in [0.15, 0.2) is 5.75 Å². The van der Waals surface area contributed by atoms with Crippen molar-refractivity contribution in [2.75, 3.05) is 0 Å². The Morgan fingerprint density at radius 2 is 2.25 bits per heavy atom. The van der Waals surface area contributed by atoms with Gasteiger partial charge >= 0.3 is 5.69 Å². The quantitative estimate of drug-likeness (QED) is 0.490. The van der Waals surface area contributed by atoms with E-state index < -0.39 is 4.92 Å². The molecule has 0 amide bonds. The summed E-state index contributed by atoms with van der Waals surface area (Å²) in [7, 11) is 0. The SMILES string of the molecule is N#Cc1ccc(OCc2cccnc2Cl)c([N+](=O)[O-])c1. The molecule has 0 N–H and O–H groups in total. The molecule has 1 aromatic carbocycles. The average molecular weight is 290 g/mol. The van der Waals surface area contributed by atoms with E-state index in [1.54, 1.807) is 12.1 Å². The predicted molar refractivity (Wildman–Crippen MR) is 71.4 cm³/mol. The number of benzene rings is 1. The Kier molecular flexibility index (Phi) is 4.13. The van der Waals surface area contributed by atoms with Crippen LogP contribution >= 0.6 is 11.6 Å². The van der Waals surface area contributed by atoms with E-state index in [9.17, 15) is 10.1 Å². The van der Waals surface area contributed by atoms with Crippen molar-refractivity contribution < 1.29 is 9.66 Å². The number of hydrogen-bond acceptors (Lipinski definition) is 5. The molecule has 0 spiro atoms. The molecule has 0 unspecified atom stereocenters. The van der Waals surface area contributed by atoms with Crippen LogP contribution < -0.4 is 4.74 Å². The fourth-order valence-corrected chi connectivity index (χ4v) is 1.71. The molecule has 20 heavy (non-hydrogen) atoms. The highest BCUT2D eigenvalue weighted by Crippen LogP contribution is 2.29. The lowest BCUT2D eigenvalue weighted by atomic mass is 10.2. The van der Waals surface area contributed by atoms with Gasteiger partial charge in [-0.3, -0.25) is 10.1 Å². The minimum atomic E-state index is -0.596. The van der Waals surface area contributed by atoms with E-state index in [1.807, 2.05) is 6.07 Å². The molecule has 0 radical (unpaired) electrons. The third kappa shape index (κ3) is 3.02. The number of hydrogen-bond donors (Lipinski definition) is 0. The molecule has 0 saturated carbocycles. The van der Waals surface area contributed by atoms with Crippen molar-refractivity contribution in [2.45, 2.75) is 6.61 Å². The molecule has 0 aliphatic rings. The van der Waals surface area contributed by atoms with Crippen LogP contribution in [0.15, 0.2) is 36.5 Å². The Morgan fingerprint density at radius 3 is 2.90 bits per heavy atom. The zero-order chi connectivity index (χ0) is 14.5. The normalized spacial score (nSPS) is 9.80. The lowest BCUT2D eigenvalue weighted by molar-refractivity contribution is -0.386. The number of ether oxygens (including phenoxy) is 1. The highest BCUT2D eigenvalue weighted by Gasteiger charge is 2.16. The number of pyridine rings is 1. The van der Waals surface area contributed by atoms with Crippen LogP contribution in [-0.2, 0) is 6.61 Å². The van der Waals surface area contributed by atoms with Gasteiger partial charge in [-0.15, -0.1) is 0 Å². The summed E-state index contributed by atoms with van der Waals surface area (Å²) < 4.78 is 5.39. The fraction of sp³-hybridized carbons (Fsp3) is 0.0769. The van der Waals surface area contributed by atoms with Gasteiger partial charge in [0.1, 0.15) is 11.8 Å². The second-order valence-electron chi connectivity index (χ2n) is 3.79. The second-order valence-corrected chi connectivity index (χ2v) is 4.15. The number of rotatable bonds is 4. The Hall–Kier alpha value is -2.65. The minimum Gasteiger partial charge on any atom is -0.482 e. The Balaban J connectivity index is 2.24. The average Bonchev–Trinajstić information content (AvgIpc) is 2.46. The van der Waals surface area contributed by atoms with Crippen molar-refractivity contribution in [3.05, 3.63) is 62.9 Å². The summed E-state index contributed by atoms with van der Waals surface area (Å²) in [5, 5.41) is 20.0. The van der Waals surface area contributed by atoms with Gasteiger partial charge in [-0.05, 0) is 18.2 Å². The Labute approximate surface area is 119 Å². The highest BCUT2D eigenvalue weighted by molar-refractivity contribution is 6.30. The van der Waals surface area contributed by atoms with E-state index in [1.165, 1.54) is 24.4 Å².